The summed E-state index contributed by atoms with van der Waals surface area (Å²) in [5.41, 5.74) is 11.8. The number of hydrogen-bond donors (Lipinski definition) is 12. The first-order valence-corrected chi connectivity index (χ1v) is 26.8. The first-order valence-electron chi connectivity index (χ1n) is 25.8. The molecule has 0 unspecified atom stereocenters. The molecule has 0 aliphatic carbocycles. The van der Waals surface area contributed by atoms with Gasteiger partial charge < -0.3 is 92.0 Å². The van der Waals surface area contributed by atoms with Crippen LogP contribution in [0.1, 0.15) is 95.6 Å². The number of hydrogen-bond acceptors (Lipinski definition) is 15. The van der Waals surface area contributed by atoms with Gasteiger partial charge >= 0.3 is 18.9 Å². The third kappa shape index (κ3) is 19.9. The summed E-state index contributed by atoms with van der Waals surface area (Å²) in [4.78, 5) is 136. The van der Waals surface area contributed by atoms with Gasteiger partial charge in [0.05, 0.1) is 11.4 Å². The number of imidazole rings is 4. The molecule has 0 bridgehead atoms. The van der Waals surface area contributed by atoms with Crippen LogP contribution in [-0.2, 0) is 56.7 Å². The largest absolute Gasteiger partial charge is 1.00 e. The molecule has 0 saturated carbocycles. The van der Waals surface area contributed by atoms with Crippen molar-refractivity contribution in [3.05, 3.63) is 112 Å². The molecule has 14 N–H and O–H groups in total. The minimum absolute atomic E-state index is 0. The quantitative estimate of drug-likeness (QED) is 0.00426. The molecule has 0 atom stereocenters. The molecule has 34 heteroatoms. The summed E-state index contributed by atoms with van der Waals surface area (Å²) >= 11 is 2.05. The van der Waals surface area contributed by atoms with E-state index in [1.807, 2.05) is 0 Å². The van der Waals surface area contributed by atoms with Crippen LogP contribution >= 0.6 is 22.6 Å². The zero-order valence-corrected chi connectivity index (χ0v) is 49.9. The van der Waals surface area contributed by atoms with Crippen molar-refractivity contribution in [2.45, 2.75) is 32.1 Å². The van der Waals surface area contributed by atoms with Gasteiger partial charge in [-0.15, -0.1) is 5.70 Å². The second kappa shape index (κ2) is 31.4. The van der Waals surface area contributed by atoms with Gasteiger partial charge in [0.25, 0.3) is 35.4 Å². The van der Waals surface area contributed by atoms with Crippen LogP contribution in [0, 0.1) is 6.58 Å². The number of aromatic nitrogens is 10. The first kappa shape index (κ1) is 66.5. The summed E-state index contributed by atoms with van der Waals surface area (Å²) in [5.74, 6) is -3.78. The number of carbonyl (C=O) groups is 9. The Morgan fingerprint density at radius 1 is 0.553 bits per heavy atom. The normalized spacial score (nSPS) is 10.9. The number of nitrogens with zero attached hydrogens (tertiary/aromatic N) is 11. The summed E-state index contributed by atoms with van der Waals surface area (Å²) < 4.78 is 9.65. The van der Waals surface area contributed by atoms with E-state index in [2.05, 4.69) is 101 Å². The Morgan fingerprint density at radius 3 is 1.60 bits per heavy atom. The van der Waals surface area contributed by atoms with Crippen molar-refractivity contribution in [3.63, 3.8) is 0 Å². The van der Waals surface area contributed by atoms with Crippen LogP contribution in [0.2, 0.25) is 0 Å². The van der Waals surface area contributed by atoms with Crippen LogP contribution in [-0.4, -0.2) is 146 Å². The van der Waals surface area contributed by atoms with Crippen molar-refractivity contribution in [3.8, 4) is 0 Å². The molecular weight excluding hydrogens is 1210 g/mol. The molecule has 0 aliphatic heterocycles. The summed E-state index contributed by atoms with van der Waals surface area (Å²) in [5, 5.41) is 27.1. The van der Waals surface area contributed by atoms with Crippen molar-refractivity contribution >= 4 is 111 Å². The predicted molar refractivity (Wildman–Crippen MR) is 316 cm³/mol. The van der Waals surface area contributed by atoms with Gasteiger partial charge in [0.15, 0.2) is 29.2 Å². The fourth-order valence-corrected chi connectivity index (χ4v) is 8.46. The monoisotopic (exact) mass is 1280 g/mol. The van der Waals surface area contributed by atoms with E-state index in [9.17, 15) is 43.2 Å². The van der Waals surface area contributed by atoms with E-state index < -0.39 is 47.3 Å². The van der Waals surface area contributed by atoms with E-state index in [-0.39, 0.29) is 121 Å². The van der Waals surface area contributed by atoms with Gasteiger partial charge in [-0.3, -0.25) is 54.7 Å². The third-order valence-electron chi connectivity index (χ3n) is 11.9. The maximum atomic E-state index is 13.1. The van der Waals surface area contributed by atoms with E-state index in [1.165, 1.54) is 66.0 Å². The maximum absolute atomic E-state index is 13.1. The van der Waals surface area contributed by atoms with Crippen LogP contribution in [0.4, 0.5) is 28.8 Å². The number of anilines is 5. The van der Waals surface area contributed by atoms with Crippen molar-refractivity contribution in [2.24, 2.45) is 58.7 Å². The summed E-state index contributed by atoms with van der Waals surface area (Å²) in [6.45, 7) is 7.50. The average molecular weight is 1280 g/mol. The van der Waals surface area contributed by atoms with E-state index in [0.29, 0.717) is 50.4 Å². The molecule has 85 heavy (non-hydrogen) atoms. The number of amides is 9. The Hall–Kier alpha value is -9.33. The number of nitrogens with one attached hydrogen (secondary N) is 10. The zero-order valence-electron chi connectivity index (χ0n) is 47.8. The van der Waals surface area contributed by atoms with E-state index >= 15 is 0 Å². The second-order valence-electron chi connectivity index (χ2n) is 18.8. The average Bonchev–Trinajstić information content (AvgIpc) is 4.40. The minimum atomic E-state index is -0.634. The van der Waals surface area contributed by atoms with E-state index in [0.717, 1.165) is 3.58 Å². The number of aliphatic imine (C=N–C) groups is 1. The van der Waals surface area contributed by atoms with Crippen LogP contribution < -0.4 is 83.5 Å². The number of guanidine groups is 1. The Kier molecular flexibility index (Phi) is 24.5. The molecule has 446 valence electrons. The second-order valence-corrected chi connectivity index (χ2v) is 20.1. The maximum Gasteiger partial charge on any atom is 1.00 e. The van der Waals surface area contributed by atoms with Crippen molar-refractivity contribution in [2.75, 3.05) is 65.9 Å². The van der Waals surface area contributed by atoms with Crippen LogP contribution in [0.5, 0.6) is 0 Å². The number of rotatable bonds is 29. The standard InChI is InChI=1S/C51H65IN23O9.Li/c1-29(61-50(84)44-67-36(27-75(44)7)65-40(78)12-16-58-45(79)33-22-32(25-71(33)3)63-49(83)41-56-18-19-70(41)2)20-30(52)23-55-13-8-10-38(76)64-35-26-73(5)43(66-35)48(82)59-17-11-39(77)62-31-21-34(72(4)24-31)46(80)69-37-28-74(6)42(68-37)47(81)57-14-9-15-60-51(53)54;/h1,18-22,24-28,55H,8-17,23H2,2-7H3,(H,57,81)(H,58,79)(H,59,82)(H,61,84)(H,62,77)(H,63,83)(H,64,76)(H,65,78)(H,69,80)(H4,53,54,60);/q-1;+1/b30-20-;. The molecule has 32 nitrogen and oxygen atoms in total. The van der Waals surface area contributed by atoms with Crippen LogP contribution in [0.15, 0.2) is 75.9 Å². The van der Waals surface area contributed by atoms with Gasteiger partial charge in [-0.1, -0.05) is 26.2 Å². The Morgan fingerprint density at radius 2 is 1.05 bits per heavy atom. The zero-order chi connectivity index (χ0) is 61.2. The molecule has 0 spiro atoms. The van der Waals surface area contributed by atoms with Gasteiger partial charge in [0.2, 0.25) is 35.2 Å². The molecule has 6 aromatic rings. The fraction of sp³-hybridized carbons (Fsp3) is 0.333. The van der Waals surface area contributed by atoms with Crippen LogP contribution in [0.3, 0.4) is 0 Å². The minimum Gasteiger partial charge on any atom is -0.370 e. The molecule has 0 aliphatic rings. The van der Waals surface area contributed by atoms with Gasteiger partial charge in [0.1, 0.15) is 11.4 Å². The Labute approximate surface area is 512 Å². The van der Waals surface area contributed by atoms with Crippen molar-refractivity contribution in [1.82, 2.24) is 73.9 Å². The molecule has 0 fully saturated rings. The number of aryl methyl sites for hydroxylation is 6. The van der Waals surface area contributed by atoms with Gasteiger partial charge in [-0.2, -0.15) is 6.08 Å². The molecule has 6 heterocycles. The van der Waals surface area contributed by atoms with Crippen LogP contribution in [0.25, 0.3) is 0 Å². The van der Waals surface area contributed by atoms with Gasteiger partial charge in [-0.05, 0) is 31.5 Å². The van der Waals surface area contributed by atoms with Crippen molar-refractivity contribution < 1.29 is 62.0 Å². The number of carbonyl (C=O) groups excluding carboxylic acids is 9. The Bertz CT molecular complexity index is 3520. The van der Waals surface area contributed by atoms with E-state index in [4.69, 9.17) is 18.0 Å². The predicted octanol–water partition coefficient (Wildman–Crippen LogP) is -2.91. The van der Waals surface area contributed by atoms with Crippen molar-refractivity contribution in [1.29, 1.82) is 0 Å². The number of allylic oxidation sites excluding steroid dienone is 1. The fourth-order valence-electron chi connectivity index (χ4n) is 7.86. The molecular formula is C51H65ILiN23O9. The molecule has 9 amide bonds. The Balaban J connectivity index is 0.0000132. The number of halogens is 1. The molecule has 0 radical (unpaired) electrons. The summed E-state index contributed by atoms with van der Waals surface area (Å²) in [6, 6.07) is 2.96. The SMILES string of the molecule is [CH-]=C(/C=C(\I)CNCCCC(=O)Nc1cn(C)c(C(=O)NCCC(=O)Nc2cc(C(=O)Nc3cn(C)c(C(=O)NCCCN=C(N)N)n3)n(C)c2)n1)NC(=O)c1nc(NC(=O)CCNC(=O)c2cc(NC(=O)c3nccn3C)cn2C)cn1C.[Li+]. The molecule has 6 rings (SSSR count). The molecule has 0 aromatic carbocycles. The first-order chi connectivity index (χ1) is 39.9. The third-order valence-corrected chi connectivity index (χ3v) is 12.6. The molecule has 6 aromatic heterocycles. The molecule has 0 saturated heterocycles. The van der Waals surface area contributed by atoms with Gasteiger partial charge in [0, 0.05) is 138 Å². The van der Waals surface area contributed by atoms with E-state index in [1.54, 1.807) is 65.3 Å². The topological polar surface area (TPSA) is 419 Å². The number of nitrogens with two attached hydrogens (primary N) is 2. The van der Waals surface area contributed by atoms with Gasteiger partial charge in [-0.25, -0.2) is 19.9 Å². The summed E-state index contributed by atoms with van der Waals surface area (Å²) in [7, 11) is 9.70. The summed E-state index contributed by atoms with van der Waals surface area (Å²) in [6.07, 6.45) is 13.1. The smallest absolute Gasteiger partial charge is 0.370 e.